The molecule has 0 aliphatic rings. The molecule has 0 saturated heterocycles. The standard InChI is InChI=1S/C22H19ClN6O3S/c1-15-5-8-18(13-21(15)33(31,32)26-19-4-2-3-17(23)12-19)25-22(30)11-16-6-9-20(10-7-16)29-14-24-27-28-29/h2-10,12-14,26H,11H2,1H3,(H,25,30). The topological polar surface area (TPSA) is 119 Å². The molecule has 168 valence electrons. The third kappa shape index (κ3) is 5.54. The molecule has 4 rings (SSSR count). The highest BCUT2D eigenvalue weighted by atomic mass is 35.5. The Morgan fingerprint density at radius 2 is 1.82 bits per heavy atom. The molecule has 2 N–H and O–H groups in total. The van der Waals surface area contributed by atoms with E-state index in [2.05, 4.69) is 25.6 Å². The van der Waals surface area contributed by atoms with E-state index >= 15 is 0 Å². The Kier molecular flexibility index (Phi) is 6.38. The summed E-state index contributed by atoms with van der Waals surface area (Å²) in [6.07, 6.45) is 1.60. The first-order valence-electron chi connectivity index (χ1n) is 9.81. The molecule has 1 heterocycles. The van der Waals surface area contributed by atoms with Crippen molar-refractivity contribution in [2.45, 2.75) is 18.2 Å². The number of anilines is 2. The Balaban J connectivity index is 1.46. The second kappa shape index (κ2) is 9.39. The van der Waals surface area contributed by atoms with E-state index in [-0.39, 0.29) is 17.2 Å². The van der Waals surface area contributed by atoms with Gasteiger partial charge in [0, 0.05) is 10.7 Å². The number of aromatic nitrogens is 4. The second-order valence-electron chi connectivity index (χ2n) is 7.24. The molecule has 0 atom stereocenters. The molecular weight excluding hydrogens is 464 g/mol. The van der Waals surface area contributed by atoms with Crippen molar-refractivity contribution in [2.24, 2.45) is 0 Å². The number of rotatable bonds is 7. The number of carbonyl (C=O) groups excluding carboxylic acids is 1. The number of halogens is 1. The summed E-state index contributed by atoms with van der Waals surface area (Å²) in [5.41, 5.74) is 2.82. The van der Waals surface area contributed by atoms with Crippen LogP contribution in [0.25, 0.3) is 5.69 Å². The van der Waals surface area contributed by atoms with Gasteiger partial charge in [0.1, 0.15) is 6.33 Å². The van der Waals surface area contributed by atoms with Gasteiger partial charge in [-0.3, -0.25) is 9.52 Å². The lowest BCUT2D eigenvalue weighted by molar-refractivity contribution is -0.115. The molecule has 0 bridgehead atoms. The summed E-state index contributed by atoms with van der Waals surface area (Å²) in [5.74, 6) is -0.278. The average Bonchev–Trinajstić information content (AvgIpc) is 3.30. The summed E-state index contributed by atoms with van der Waals surface area (Å²) in [6.45, 7) is 1.68. The van der Waals surface area contributed by atoms with Crippen LogP contribution < -0.4 is 10.0 Å². The van der Waals surface area contributed by atoms with Gasteiger partial charge in [-0.2, -0.15) is 0 Å². The molecule has 3 aromatic carbocycles. The van der Waals surface area contributed by atoms with Gasteiger partial charge in [-0.25, -0.2) is 13.1 Å². The lowest BCUT2D eigenvalue weighted by Gasteiger charge is -2.13. The van der Waals surface area contributed by atoms with Crippen LogP contribution >= 0.6 is 11.6 Å². The van der Waals surface area contributed by atoms with Gasteiger partial charge in [0.15, 0.2) is 0 Å². The molecule has 0 spiro atoms. The number of hydrogen-bond donors (Lipinski definition) is 2. The first-order chi connectivity index (χ1) is 15.8. The van der Waals surface area contributed by atoms with E-state index in [1.54, 1.807) is 61.5 Å². The van der Waals surface area contributed by atoms with Crippen molar-refractivity contribution in [3.8, 4) is 5.69 Å². The van der Waals surface area contributed by atoms with Crippen LogP contribution in [-0.2, 0) is 21.2 Å². The van der Waals surface area contributed by atoms with Crippen molar-refractivity contribution in [3.05, 3.63) is 89.2 Å². The Labute approximate surface area is 195 Å². The summed E-state index contributed by atoms with van der Waals surface area (Å²) in [7, 11) is -3.88. The zero-order chi connectivity index (χ0) is 23.4. The fraction of sp³-hybridized carbons (Fsp3) is 0.0909. The fourth-order valence-corrected chi connectivity index (χ4v) is 4.68. The molecule has 11 heteroatoms. The molecule has 4 aromatic rings. The van der Waals surface area contributed by atoms with E-state index in [0.29, 0.717) is 22.0 Å². The number of hydrogen-bond acceptors (Lipinski definition) is 6. The van der Waals surface area contributed by atoms with Crippen LogP contribution in [-0.4, -0.2) is 34.5 Å². The third-order valence-corrected chi connectivity index (χ3v) is 6.51. The largest absolute Gasteiger partial charge is 0.326 e. The Bertz CT molecular complexity index is 1390. The lowest BCUT2D eigenvalue weighted by atomic mass is 10.1. The van der Waals surface area contributed by atoms with Crippen molar-refractivity contribution < 1.29 is 13.2 Å². The molecule has 0 unspecified atom stereocenters. The van der Waals surface area contributed by atoms with Gasteiger partial charge in [-0.15, -0.1) is 5.10 Å². The highest BCUT2D eigenvalue weighted by Crippen LogP contribution is 2.24. The Morgan fingerprint density at radius 3 is 2.52 bits per heavy atom. The van der Waals surface area contributed by atoms with Crippen molar-refractivity contribution in [1.29, 1.82) is 0 Å². The van der Waals surface area contributed by atoms with Gasteiger partial charge in [0.25, 0.3) is 10.0 Å². The molecule has 0 aliphatic heterocycles. The van der Waals surface area contributed by atoms with Crippen LogP contribution in [0, 0.1) is 6.92 Å². The van der Waals surface area contributed by atoms with Gasteiger partial charge in [0.2, 0.25) is 5.91 Å². The summed E-state index contributed by atoms with van der Waals surface area (Å²) < 4.78 is 29.8. The quantitative estimate of drug-likeness (QED) is 0.415. The molecule has 0 saturated carbocycles. The van der Waals surface area contributed by atoms with Gasteiger partial charge in [0.05, 0.1) is 22.7 Å². The molecular formula is C22H19ClN6O3S. The third-order valence-electron chi connectivity index (χ3n) is 4.75. The summed E-state index contributed by atoms with van der Waals surface area (Å²) in [6, 6.07) is 18.4. The van der Waals surface area contributed by atoms with Crippen molar-refractivity contribution >= 4 is 38.9 Å². The summed E-state index contributed by atoms with van der Waals surface area (Å²) in [5, 5.41) is 14.2. The van der Waals surface area contributed by atoms with E-state index in [1.165, 1.54) is 23.1 Å². The normalized spacial score (nSPS) is 11.2. The summed E-state index contributed by atoms with van der Waals surface area (Å²) >= 11 is 5.94. The predicted molar refractivity (Wildman–Crippen MR) is 125 cm³/mol. The van der Waals surface area contributed by atoms with E-state index in [9.17, 15) is 13.2 Å². The maximum atomic E-state index is 12.9. The van der Waals surface area contributed by atoms with Gasteiger partial charge >= 0.3 is 0 Å². The van der Waals surface area contributed by atoms with Crippen molar-refractivity contribution in [2.75, 3.05) is 10.0 Å². The predicted octanol–water partition coefficient (Wildman–Crippen LogP) is 3.61. The maximum absolute atomic E-state index is 12.9. The first-order valence-corrected chi connectivity index (χ1v) is 11.7. The zero-order valence-corrected chi connectivity index (χ0v) is 19.0. The monoisotopic (exact) mass is 482 g/mol. The van der Waals surface area contributed by atoms with Crippen LogP contribution in [0.1, 0.15) is 11.1 Å². The molecule has 0 radical (unpaired) electrons. The van der Waals surface area contributed by atoms with Crippen molar-refractivity contribution in [1.82, 2.24) is 20.2 Å². The van der Waals surface area contributed by atoms with Gasteiger partial charge in [-0.05, 0) is 70.9 Å². The Morgan fingerprint density at radius 1 is 1.03 bits per heavy atom. The van der Waals surface area contributed by atoms with Crippen LogP contribution in [0.2, 0.25) is 5.02 Å². The zero-order valence-electron chi connectivity index (χ0n) is 17.4. The molecule has 0 aliphatic carbocycles. The average molecular weight is 483 g/mol. The van der Waals surface area contributed by atoms with Crippen LogP contribution in [0.3, 0.4) is 0 Å². The number of tetrazole rings is 1. The number of nitrogens with one attached hydrogen (secondary N) is 2. The molecule has 9 nitrogen and oxygen atoms in total. The first kappa shape index (κ1) is 22.4. The van der Waals surface area contributed by atoms with E-state index in [0.717, 1.165) is 11.3 Å². The minimum absolute atomic E-state index is 0.0612. The number of nitrogens with zero attached hydrogens (tertiary/aromatic N) is 4. The smallest absolute Gasteiger partial charge is 0.262 e. The SMILES string of the molecule is Cc1ccc(NC(=O)Cc2ccc(-n3cnnn3)cc2)cc1S(=O)(=O)Nc1cccc(Cl)c1. The van der Waals surface area contributed by atoms with Gasteiger partial charge in [-0.1, -0.05) is 35.9 Å². The molecule has 0 fully saturated rings. The fourth-order valence-electron chi connectivity index (χ4n) is 3.17. The van der Waals surface area contributed by atoms with E-state index < -0.39 is 10.0 Å². The van der Waals surface area contributed by atoms with E-state index in [4.69, 9.17) is 11.6 Å². The number of amides is 1. The van der Waals surface area contributed by atoms with Crippen molar-refractivity contribution in [3.63, 3.8) is 0 Å². The summed E-state index contributed by atoms with van der Waals surface area (Å²) in [4.78, 5) is 12.6. The van der Waals surface area contributed by atoms with Crippen LogP contribution in [0.5, 0.6) is 0 Å². The van der Waals surface area contributed by atoms with Crippen LogP contribution in [0.4, 0.5) is 11.4 Å². The maximum Gasteiger partial charge on any atom is 0.262 e. The van der Waals surface area contributed by atoms with Crippen LogP contribution in [0.15, 0.2) is 78.0 Å². The minimum Gasteiger partial charge on any atom is -0.326 e. The Hall–Kier alpha value is -3.76. The molecule has 1 amide bonds. The molecule has 33 heavy (non-hydrogen) atoms. The highest BCUT2D eigenvalue weighted by Gasteiger charge is 2.18. The number of aryl methyl sites for hydroxylation is 1. The number of benzene rings is 3. The number of sulfonamides is 1. The minimum atomic E-state index is -3.88. The molecule has 1 aromatic heterocycles. The lowest BCUT2D eigenvalue weighted by Crippen LogP contribution is -2.17. The number of carbonyl (C=O) groups is 1. The van der Waals surface area contributed by atoms with E-state index in [1.807, 2.05) is 0 Å². The highest BCUT2D eigenvalue weighted by molar-refractivity contribution is 7.92. The second-order valence-corrected chi connectivity index (χ2v) is 9.33. The van der Waals surface area contributed by atoms with Gasteiger partial charge < -0.3 is 5.32 Å².